The number of hydrogen-bond acceptors (Lipinski definition) is 3. The van der Waals surface area contributed by atoms with Crippen LogP contribution in [0.5, 0.6) is 0 Å². The number of amides is 2. The Labute approximate surface area is 64.0 Å². The van der Waals surface area contributed by atoms with Crippen LogP contribution in [0.15, 0.2) is 0 Å². The average molecular weight is 158 g/mol. The first-order valence-electron chi connectivity index (χ1n) is 3.38. The van der Waals surface area contributed by atoms with Crippen LogP contribution in [0.4, 0.5) is 0 Å². The second-order valence-corrected chi connectivity index (χ2v) is 2.38. The minimum atomic E-state index is -0.751. The lowest BCUT2D eigenvalue weighted by molar-refractivity contribution is -0.145. The second-order valence-electron chi connectivity index (χ2n) is 2.38. The van der Waals surface area contributed by atoms with Crippen molar-refractivity contribution in [2.45, 2.75) is 18.9 Å². The smallest absolute Gasteiger partial charge is 0.332 e. The summed E-state index contributed by atoms with van der Waals surface area (Å²) in [6, 6.07) is 0.199. The molecule has 0 atom stereocenters. The molecule has 62 valence electrons. The van der Waals surface area contributed by atoms with Crippen LogP contribution in [0, 0.1) is 0 Å². The quantitative estimate of drug-likeness (QED) is 0.397. The maximum atomic E-state index is 10.8. The molecule has 0 aromatic rings. The first kappa shape index (κ1) is 8.00. The molecule has 2 N–H and O–H groups in total. The van der Waals surface area contributed by atoms with Crippen molar-refractivity contribution in [2.24, 2.45) is 0 Å². The minimum Gasteiger partial charge on any atom is -0.345 e. The van der Waals surface area contributed by atoms with Gasteiger partial charge >= 0.3 is 11.8 Å². The number of carbonyl (C=O) groups is 2. The van der Waals surface area contributed by atoms with Gasteiger partial charge in [-0.3, -0.25) is 14.4 Å². The van der Waals surface area contributed by atoms with E-state index < -0.39 is 11.8 Å². The van der Waals surface area contributed by atoms with Gasteiger partial charge in [0, 0.05) is 6.04 Å². The van der Waals surface area contributed by atoms with Gasteiger partial charge in [-0.15, -0.1) is 0 Å². The van der Waals surface area contributed by atoms with Crippen LogP contribution in [0.2, 0.25) is 0 Å². The lowest BCUT2D eigenvalue weighted by Gasteiger charge is -2.01. The third-order valence-electron chi connectivity index (χ3n) is 1.31. The highest BCUT2D eigenvalue weighted by Crippen LogP contribution is 2.18. The van der Waals surface area contributed by atoms with Crippen molar-refractivity contribution in [3.63, 3.8) is 0 Å². The summed E-state index contributed by atoms with van der Waals surface area (Å²) in [4.78, 5) is 25.7. The van der Waals surface area contributed by atoms with E-state index in [0.717, 1.165) is 12.8 Å². The van der Waals surface area contributed by atoms with E-state index >= 15 is 0 Å². The molecule has 1 fully saturated rings. The van der Waals surface area contributed by atoms with E-state index in [-0.39, 0.29) is 6.04 Å². The largest absolute Gasteiger partial charge is 0.345 e. The molecule has 0 saturated heterocycles. The van der Waals surface area contributed by atoms with E-state index in [1.807, 2.05) is 5.48 Å². The highest BCUT2D eigenvalue weighted by molar-refractivity contribution is 6.34. The van der Waals surface area contributed by atoms with Crippen molar-refractivity contribution in [1.82, 2.24) is 10.8 Å². The summed E-state index contributed by atoms with van der Waals surface area (Å²) in [6.07, 6.45) is 1.93. The molecular weight excluding hydrogens is 148 g/mol. The molecule has 1 rings (SSSR count). The van der Waals surface area contributed by atoms with Crippen molar-refractivity contribution in [2.75, 3.05) is 7.11 Å². The van der Waals surface area contributed by atoms with Gasteiger partial charge in [-0.05, 0) is 12.8 Å². The lowest BCUT2D eigenvalue weighted by Crippen LogP contribution is -2.40. The Kier molecular flexibility index (Phi) is 2.43. The van der Waals surface area contributed by atoms with Crippen LogP contribution in [0.25, 0.3) is 0 Å². The molecule has 0 radical (unpaired) electrons. The fourth-order valence-electron chi connectivity index (χ4n) is 0.618. The Balaban J connectivity index is 2.21. The predicted molar refractivity (Wildman–Crippen MR) is 36.3 cm³/mol. The van der Waals surface area contributed by atoms with Crippen LogP contribution in [0.1, 0.15) is 12.8 Å². The van der Waals surface area contributed by atoms with E-state index in [1.165, 1.54) is 7.11 Å². The van der Waals surface area contributed by atoms with Crippen LogP contribution < -0.4 is 10.8 Å². The van der Waals surface area contributed by atoms with Gasteiger partial charge in [0.25, 0.3) is 0 Å². The van der Waals surface area contributed by atoms with Crippen molar-refractivity contribution in [3.8, 4) is 0 Å². The fraction of sp³-hybridized carbons (Fsp3) is 0.667. The van der Waals surface area contributed by atoms with Crippen molar-refractivity contribution in [1.29, 1.82) is 0 Å². The Morgan fingerprint density at radius 2 is 2.00 bits per heavy atom. The third kappa shape index (κ3) is 2.55. The summed E-state index contributed by atoms with van der Waals surface area (Å²) in [5.74, 6) is -1.38. The summed E-state index contributed by atoms with van der Waals surface area (Å²) in [7, 11) is 1.28. The van der Waals surface area contributed by atoms with Crippen molar-refractivity contribution < 1.29 is 14.4 Å². The maximum absolute atomic E-state index is 10.8. The summed E-state index contributed by atoms with van der Waals surface area (Å²) in [5, 5.41) is 2.51. The topological polar surface area (TPSA) is 67.4 Å². The van der Waals surface area contributed by atoms with Gasteiger partial charge < -0.3 is 5.32 Å². The van der Waals surface area contributed by atoms with Crippen LogP contribution in [0.3, 0.4) is 0 Å². The average Bonchev–Trinajstić information content (AvgIpc) is 2.72. The van der Waals surface area contributed by atoms with Gasteiger partial charge in [0.2, 0.25) is 0 Å². The fourth-order valence-corrected chi connectivity index (χ4v) is 0.618. The minimum absolute atomic E-state index is 0.199. The summed E-state index contributed by atoms with van der Waals surface area (Å²) < 4.78 is 0. The third-order valence-corrected chi connectivity index (χ3v) is 1.31. The van der Waals surface area contributed by atoms with E-state index in [2.05, 4.69) is 10.2 Å². The number of nitrogens with one attached hydrogen (secondary N) is 2. The van der Waals surface area contributed by atoms with E-state index in [4.69, 9.17) is 0 Å². The molecule has 11 heavy (non-hydrogen) atoms. The Morgan fingerprint density at radius 3 is 2.45 bits per heavy atom. The zero-order valence-electron chi connectivity index (χ0n) is 6.22. The van der Waals surface area contributed by atoms with Crippen molar-refractivity contribution >= 4 is 11.8 Å². The van der Waals surface area contributed by atoms with Crippen molar-refractivity contribution in [3.05, 3.63) is 0 Å². The zero-order chi connectivity index (χ0) is 8.27. The number of carbonyl (C=O) groups excluding carboxylic acids is 2. The molecule has 0 heterocycles. The molecule has 0 spiro atoms. The van der Waals surface area contributed by atoms with Gasteiger partial charge in [0.15, 0.2) is 0 Å². The molecule has 5 nitrogen and oxygen atoms in total. The molecule has 1 aliphatic carbocycles. The van der Waals surface area contributed by atoms with E-state index in [0.29, 0.717) is 0 Å². The molecular formula is C6H10N2O3. The van der Waals surface area contributed by atoms with Crippen LogP contribution in [-0.4, -0.2) is 25.0 Å². The van der Waals surface area contributed by atoms with Gasteiger partial charge in [-0.25, -0.2) is 5.48 Å². The normalized spacial score (nSPS) is 15.7. The van der Waals surface area contributed by atoms with E-state index in [1.54, 1.807) is 0 Å². The highest BCUT2D eigenvalue weighted by Gasteiger charge is 2.26. The molecule has 2 amide bonds. The first-order chi connectivity index (χ1) is 5.24. The number of rotatable bonds is 2. The monoisotopic (exact) mass is 158 g/mol. The zero-order valence-corrected chi connectivity index (χ0v) is 6.22. The van der Waals surface area contributed by atoms with Crippen LogP contribution >= 0.6 is 0 Å². The number of hydroxylamine groups is 1. The molecule has 1 aliphatic rings. The van der Waals surface area contributed by atoms with Gasteiger partial charge in [0.05, 0.1) is 7.11 Å². The lowest BCUT2D eigenvalue weighted by atomic mass is 10.5. The van der Waals surface area contributed by atoms with Gasteiger partial charge in [0.1, 0.15) is 0 Å². The standard InChI is InChI=1S/C6H10N2O3/c1-11-8-6(10)5(9)7-4-2-3-4/h4H,2-3H2,1H3,(H,7,9)(H,8,10). The molecule has 0 unspecified atom stereocenters. The molecule has 5 heteroatoms. The molecule has 0 bridgehead atoms. The highest BCUT2D eigenvalue weighted by atomic mass is 16.6. The van der Waals surface area contributed by atoms with Crippen LogP contribution in [-0.2, 0) is 14.4 Å². The molecule has 1 saturated carbocycles. The summed E-state index contributed by atoms with van der Waals surface area (Å²) in [5.41, 5.74) is 1.93. The second kappa shape index (κ2) is 3.34. The van der Waals surface area contributed by atoms with Gasteiger partial charge in [-0.1, -0.05) is 0 Å². The molecule has 0 aromatic heterocycles. The Morgan fingerprint density at radius 1 is 1.36 bits per heavy atom. The molecule has 0 aliphatic heterocycles. The summed E-state index contributed by atoms with van der Waals surface area (Å²) in [6.45, 7) is 0. The Bertz CT molecular complexity index is 177. The predicted octanol–water partition coefficient (Wildman–Crippen LogP) is -1.06. The SMILES string of the molecule is CONC(=O)C(=O)NC1CC1. The number of hydrogen-bond donors (Lipinski definition) is 2. The Hall–Kier alpha value is -1.10. The first-order valence-corrected chi connectivity index (χ1v) is 3.38. The molecule has 0 aromatic carbocycles. The maximum Gasteiger partial charge on any atom is 0.332 e. The van der Waals surface area contributed by atoms with Gasteiger partial charge in [-0.2, -0.15) is 0 Å². The summed E-state index contributed by atoms with van der Waals surface area (Å²) >= 11 is 0. The van der Waals surface area contributed by atoms with E-state index in [9.17, 15) is 9.59 Å².